The molecule has 0 radical (unpaired) electrons. The Morgan fingerprint density at radius 2 is 1.88 bits per heavy atom. The van der Waals surface area contributed by atoms with Crippen molar-refractivity contribution in [3.8, 4) is 0 Å². The molecule has 2 N–H and O–H groups in total. The molecule has 0 saturated heterocycles. The molecule has 0 bridgehead atoms. The standard InChI is InChI=1S/C18H16N2O3S/c21-15(17-19-12-6-2-4-8-14(12)24-17)16(22)18(23)20-10-9-11-5-1-3-7-13(11)20/h1-8,15-16,21-22H,9-10H2. The number of aliphatic hydroxyl groups excluding tert-OH is 2. The van der Waals surface area contributed by atoms with Crippen molar-refractivity contribution in [3.63, 3.8) is 0 Å². The molecule has 24 heavy (non-hydrogen) atoms. The average molecular weight is 340 g/mol. The van der Waals surface area contributed by atoms with E-state index in [1.807, 2.05) is 48.5 Å². The Balaban J connectivity index is 1.59. The Morgan fingerprint density at radius 3 is 2.71 bits per heavy atom. The van der Waals surface area contributed by atoms with Crippen molar-refractivity contribution < 1.29 is 15.0 Å². The van der Waals surface area contributed by atoms with Crippen molar-refractivity contribution in [3.05, 3.63) is 59.1 Å². The van der Waals surface area contributed by atoms with Gasteiger partial charge in [-0.15, -0.1) is 11.3 Å². The van der Waals surface area contributed by atoms with Gasteiger partial charge < -0.3 is 15.1 Å². The summed E-state index contributed by atoms with van der Waals surface area (Å²) in [4.78, 5) is 18.5. The number of rotatable bonds is 3. The number of aromatic nitrogens is 1. The van der Waals surface area contributed by atoms with Crippen LogP contribution in [-0.2, 0) is 11.2 Å². The predicted octanol–water partition coefficient (Wildman–Crippen LogP) is 2.28. The molecule has 0 fully saturated rings. The van der Waals surface area contributed by atoms with Gasteiger partial charge in [0.1, 0.15) is 11.1 Å². The zero-order valence-corrected chi connectivity index (χ0v) is 13.6. The summed E-state index contributed by atoms with van der Waals surface area (Å²) in [5.74, 6) is -0.494. The third kappa shape index (κ3) is 2.49. The fourth-order valence-electron chi connectivity index (χ4n) is 3.01. The molecule has 1 amide bonds. The fourth-order valence-corrected chi connectivity index (χ4v) is 4.00. The van der Waals surface area contributed by atoms with E-state index in [9.17, 15) is 15.0 Å². The van der Waals surface area contributed by atoms with Crippen LogP contribution in [0.5, 0.6) is 0 Å². The van der Waals surface area contributed by atoms with Gasteiger partial charge in [0.25, 0.3) is 5.91 Å². The molecule has 5 nitrogen and oxygen atoms in total. The average Bonchev–Trinajstić information content (AvgIpc) is 3.23. The lowest BCUT2D eigenvalue weighted by Gasteiger charge is -2.23. The van der Waals surface area contributed by atoms with Gasteiger partial charge in [-0.1, -0.05) is 30.3 Å². The van der Waals surface area contributed by atoms with Gasteiger partial charge in [0.2, 0.25) is 0 Å². The maximum atomic E-state index is 12.6. The Kier molecular flexibility index (Phi) is 3.80. The second kappa shape index (κ2) is 5.98. The van der Waals surface area contributed by atoms with Crippen LogP contribution in [0.15, 0.2) is 48.5 Å². The van der Waals surface area contributed by atoms with E-state index >= 15 is 0 Å². The number of amides is 1. The normalized spacial score (nSPS) is 16.2. The van der Waals surface area contributed by atoms with Gasteiger partial charge in [0.05, 0.1) is 10.2 Å². The molecule has 122 valence electrons. The van der Waals surface area contributed by atoms with E-state index in [1.54, 1.807) is 0 Å². The smallest absolute Gasteiger partial charge is 0.259 e. The van der Waals surface area contributed by atoms with Gasteiger partial charge in [-0.2, -0.15) is 0 Å². The van der Waals surface area contributed by atoms with Gasteiger partial charge in [-0.25, -0.2) is 4.98 Å². The first-order valence-corrected chi connectivity index (χ1v) is 8.57. The SMILES string of the molecule is O=C(C(O)C(O)c1nc2ccccc2s1)N1CCc2ccccc21. The lowest BCUT2D eigenvalue weighted by atomic mass is 10.1. The highest BCUT2D eigenvalue weighted by atomic mass is 32.1. The van der Waals surface area contributed by atoms with Gasteiger partial charge >= 0.3 is 0 Å². The van der Waals surface area contributed by atoms with Crippen molar-refractivity contribution in [1.29, 1.82) is 0 Å². The molecule has 0 saturated carbocycles. The number of hydrogen-bond donors (Lipinski definition) is 2. The minimum Gasteiger partial charge on any atom is -0.383 e. The Morgan fingerprint density at radius 1 is 1.12 bits per heavy atom. The number of para-hydroxylation sites is 2. The summed E-state index contributed by atoms with van der Waals surface area (Å²) in [6, 6.07) is 15.1. The van der Waals surface area contributed by atoms with Gasteiger partial charge in [-0.05, 0) is 30.2 Å². The number of nitrogens with zero attached hydrogens (tertiary/aromatic N) is 2. The van der Waals surface area contributed by atoms with Crippen molar-refractivity contribution in [2.75, 3.05) is 11.4 Å². The molecule has 3 aromatic rings. The number of benzene rings is 2. The van der Waals surface area contributed by atoms with Gasteiger partial charge in [0.15, 0.2) is 6.10 Å². The quantitative estimate of drug-likeness (QED) is 0.767. The lowest BCUT2D eigenvalue weighted by molar-refractivity contribution is -0.132. The molecule has 2 heterocycles. The number of thiazole rings is 1. The summed E-state index contributed by atoms with van der Waals surface area (Å²) in [6.45, 7) is 0.516. The van der Waals surface area contributed by atoms with Crippen molar-refractivity contribution in [2.24, 2.45) is 0 Å². The lowest BCUT2D eigenvalue weighted by Crippen LogP contribution is -2.41. The summed E-state index contributed by atoms with van der Waals surface area (Å²) in [5, 5.41) is 21.1. The zero-order chi connectivity index (χ0) is 16.7. The second-order valence-electron chi connectivity index (χ2n) is 5.78. The van der Waals surface area contributed by atoms with Crippen LogP contribution >= 0.6 is 11.3 Å². The summed E-state index contributed by atoms with van der Waals surface area (Å²) in [5.41, 5.74) is 2.63. The predicted molar refractivity (Wildman–Crippen MR) is 93.1 cm³/mol. The Hall–Kier alpha value is -2.28. The van der Waals surface area contributed by atoms with Crippen molar-refractivity contribution in [2.45, 2.75) is 18.6 Å². The largest absolute Gasteiger partial charge is 0.383 e. The van der Waals surface area contributed by atoms with E-state index in [0.29, 0.717) is 11.6 Å². The highest BCUT2D eigenvalue weighted by Crippen LogP contribution is 2.32. The first-order chi connectivity index (χ1) is 11.6. The monoisotopic (exact) mass is 340 g/mol. The summed E-state index contributed by atoms with van der Waals surface area (Å²) >= 11 is 1.29. The maximum Gasteiger partial charge on any atom is 0.259 e. The number of carbonyl (C=O) groups excluding carboxylic acids is 1. The minimum atomic E-state index is -1.53. The highest BCUT2D eigenvalue weighted by molar-refractivity contribution is 7.18. The number of fused-ring (bicyclic) bond motifs is 2. The van der Waals surface area contributed by atoms with E-state index in [1.165, 1.54) is 16.2 Å². The molecule has 2 unspecified atom stereocenters. The molecule has 6 heteroatoms. The van der Waals surface area contributed by atoms with Crippen LogP contribution in [0.4, 0.5) is 5.69 Å². The summed E-state index contributed by atoms with van der Waals surface area (Å²) < 4.78 is 0.915. The number of anilines is 1. The zero-order valence-electron chi connectivity index (χ0n) is 12.8. The van der Waals surface area contributed by atoms with E-state index in [4.69, 9.17) is 0 Å². The first-order valence-electron chi connectivity index (χ1n) is 7.76. The Labute approximate surface area is 142 Å². The molecule has 1 aliphatic rings. The van der Waals surface area contributed by atoms with Crippen LogP contribution in [-0.4, -0.2) is 33.8 Å². The van der Waals surface area contributed by atoms with Crippen LogP contribution in [0, 0.1) is 0 Å². The van der Waals surface area contributed by atoms with E-state index in [2.05, 4.69) is 4.98 Å². The second-order valence-corrected chi connectivity index (χ2v) is 6.84. The molecule has 0 spiro atoms. The molecule has 1 aromatic heterocycles. The van der Waals surface area contributed by atoms with Gasteiger partial charge in [0, 0.05) is 12.2 Å². The van der Waals surface area contributed by atoms with Crippen LogP contribution in [0.3, 0.4) is 0 Å². The molecule has 1 aliphatic heterocycles. The number of carbonyl (C=O) groups is 1. The van der Waals surface area contributed by atoms with Crippen molar-refractivity contribution in [1.82, 2.24) is 4.98 Å². The van der Waals surface area contributed by atoms with Crippen molar-refractivity contribution >= 4 is 33.1 Å². The summed E-state index contributed by atoms with van der Waals surface area (Å²) in [6.07, 6.45) is -2.11. The van der Waals surface area contributed by atoms with Gasteiger partial charge in [-0.3, -0.25) is 4.79 Å². The molecule has 4 rings (SSSR count). The summed E-state index contributed by atoms with van der Waals surface area (Å²) in [7, 11) is 0. The van der Waals surface area contributed by atoms with E-state index in [-0.39, 0.29) is 0 Å². The minimum absolute atomic E-state index is 0.351. The van der Waals surface area contributed by atoms with E-state index < -0.39 is 18.1 Å². The number of hydrogen-bond acceptors (Lipinski definition) is 5. The number of aliphatic hydroxyl groups is 2. The highest BCUT2D eigenvalue weighted by Gasteiger charge is 2.34. The van der Waals surface area contributed by atoms with Crippen LogP contribution in [0.25, 0.3) is 10.2 Å². The molecular formula is C18H16N2O3S. The molecule has 2 atom stereocenters. The first kappa shape index (κ1) is 15.3. The molecule has 0 aliphatic carbocycles. The van der Waals surface area contributed by atoms with Crippen LogP contribution in [0.2, 0.25) is 0 Å². The van der Waals surface area contributed by atoms with E-state index in [0.717, 1.165) is 27.9 Å². The Bertz CT molecular complexity index is 875. The topological polar surface area (TPSA) is 73.7 Å². The third-order valence-electron chi connectivity index (χ3n) is 4.27. The molecule has 2 aromatic carbocycles. The third-order valence-corrected chi connectivity index (χ3v) is 5.38. The van der Waals surface area contributed by atoms with Crippen LogP contribution in [0.1, 0.15) is 16.7 Å². The maximum absolute atomic E-state index is 12.6. The molecular weight excluding hydrogens is 324 g/mol. The van der Waals surface area contributed by atoms with Crippen LogP contribution < -0.4 is 4.90 Å². The fraction of sp³-hybridized carbons (Fsp3) is 0.222.